The molecule has 0 radical (unpaired) electrons. The Bertz CT molecular complexity index is 520. The van der Waals surface area contributed by atoms with Crippen molar-refractivity contribution in [2.24, 2.45) is 0 Å². The first-order chi connectivity index (χ1) is 7.24. The molecule has 0 saturated carbocycles. The van der Waals surface area contributed by atoms with Crippen molar-refractivity contribution in [1.29, 1.82) is 0 Å². The van der Waals surface area contributed by atoms with Crippen LogP contribution >= 0.6 is 11.6 Å². The zero-order chi connectivity index (χ0) is 10.8. The molecule has 0 spiro atoms. The van der Waals surface area contributed by atoms with Crippen molar-refractivity contribution in [1.82, 2.24) is 4.98 Å². The van der Waals surface area contributed by atoms with Gasteiger partial charge < -0.3 is 5.73 Å². The number of pyridine rings is 1. The first-order valence-electron chi connectivity index (χ1n) is 4.66. The Kier molecular flexibility index (Phi) is 2.60. The highest BCUT2D eigenvalue weighted by Gasteiger charge is 2.06. The molecule has 76 valence electrons. The smallest absolute Gasteiger partial charge is 0.0946 e. The number of halogens is 1. The first kappa shape index (κ1) is 9.99. The van der Waals surface area contributed by atoms with E-state index in [0.29, 0.717) is 10.7 Å². The number of fused-ring (bicyclic) bond motifs is 1. The second-order valence-electron chi connectivity index (χ2n) is 3.33. The summed E-state index contributed by atoms with van der Waals surface area (Å²) in [5.41, 5.74) is 8.20. The third kappa shape index (κ3) is 1.68. The van der Waals surface area contributed by atoms with Crippen LogP contribution in [0.3, 0.4) is 0 Å². The Hall–Kier alpha value is -1.54. The number of allylic oxidation sites excluding steroid dienone is 1. The van der Waals surface area contributed by atoms with Crippen LogP contribution in [0.1, 0.15) is 5.56 Å². The maximum Gasteiger partial charge on any atom is 0.0946 e. The number of nitrogens with zero attached hydrogens (tertiary/aromatic N) is 1. The van der Waals surface area contributed by atoms with Gasteiger partial charge in [-0.25, -0.2) is 0 Å². The van der Waals surface area contributed by atoms with Gasteiger partial charge >= 0.3 is 0 Å². The molecule has 1 aromatic carbocycles. The van der Waals surface area contributed by atoms with Crippen molar-refractivity contribution >= 4 is 28.2 Å². The van der Waals surface area contributed by atoms with Gasteiger partial charge in [-0.1, -0.05) is 29.8 Å². The summed E-state index contributed by atoms with van der Waals surface area (Å²) >= 11 is 6.25. The highest BCUT2D eigenvalue weighted by molar-refractivity contribution is 6.36. The van der Waals surface area contributed by atoms with Gasteiger partial charge in [0.05, 0.1) is 16.2 Å². The SMILES string of the molecule is C=CCc1cnc2c(N)cccc2c1Cl. The maximum absolute atomic E-state index is 6.25. The molecule has 0 bridgehead atoms. The number of hydrogen-bond donors (Lipinski definition) is 1. The molecule has 1 heterocycles. The van der Waals surface area contributed by atoms with Gasteiger partial charge in [-0.3, -0.25) is 4.98 Å². The summed E-state index contributed by atoms with van der Waals surface area (Å²) in [4.78, 5) is 4.30. The number of nitrogens with two attached hydrogens (primary N) is 1. The van der Waals surface area contributed by atoms with Gasteiger partial charge in [-0.15, -0.1) is 6.58 Å². The van der Waals surface area contributed by atoms with E-state index in [9.17, 15) is 0 Å². The lowest BCUT2D eigenvalue weighted by atomic mass is 10.1. The van der Waals surface area contributed by atoms with E-state index < -0.39 is 0 Å². The molecule has 0 atom stereocenters. The van der Waals surface area contributed by atoms with E-state index in [1.54, 1.807) is 12.3 Å². The molecular weight excluding hydrogens is 208 g/mol. The Balaban J connectivity index is 2.73. The molecule has 2 nitrogen and oxygen atoms in total. The van der Waals surface area contributed by atoms with Crippen molar-refractivity contribution in [2.45, 2.75) is 6.42 Å². The zero-order valence-electron chi connectivity index (χ0n) is 8.20. The molecular formula is C12H11ClN2. The topological polar surface area (TPSA) is 38.9 Å². The van der Waals surface area contributed by atoms with E-state index >= 15 is 0 Å². The van der Waals surface area contributed by atoms with Gasteiger partial charge in [0.2, 0.25) is 0 Å². The molecule has 0 aliphatic carbocycles. The predicted molar refractivity (Wildman–Crippen MR) is 65.1 cm³/mol. The fraction of sp³-hybridized carbons (Fsp3) is 0.0833. The van der Waals surface area contributed by atoms with Crippen molar-refractivity contribution in [2.75, 3.05) is 5.73 Å². The number of rotatable bonds is 2. The Morgan fingerprint density at radius 2 is 2.27 bits per heavy atom. The molecule has 0 fully saturated rings. The lowest BCUT2D eigenvalue weighted by Gasteiger charge is -2.06. The second-order valence-corrected chi connectivity index (χ2v) is 3.71. The van der Waals surface area contributed by atoms with Crippen LogP contribution in [0.2, 0.25) is 5.02 Å². The van der Waals surface area contributed by atoms with E-state index in [-0.39, 0.29) is 0 Å². The largest absolute Gasteiger partial charge is 0.397 e. The monoisotopic (exact) mass is 218 g/mol. The lowest BCUT2D eigenvalue weighted by Crippen LogP contribution is -1.93. The Morgan fingerprint density at radius 1 is 1.47 bits per heavy atom. The van der Waals surface area contributed by atoms with Crippen molar-refractivity contribution in [3.8, 4) is 0 Å². The molecule has 0 saturated heterocycles. The minimum absolute atomic E-state index is 0.652. The van der Waals surface area contributed by atoms with E-state index in [1.807, 2.05) is 18.2 Å². The summed E-state index contributed by atoms with van der Waals surface area (Å²) in [5, 5.41) is 1.61. The van der Waals surface area contributed by atoms with Gasteiger partial charge in [0, 0.05) is 11.6 Å². The molecule has 1 aromatic heterocycles. The molecule has 15 heavy (non-hydrogen) atoms. The molecule has 0 amide bonds. The van der Waals surface area contributed by atoms with E-state index in [4.69, 9.17) is 17.3 Å². The molecule has 2 N–H and O–H groups in total. The maximum atomic E-state index is 6.25. The molecule has 0 unspecified atom stereocenters. The molecule has 3 heteroatoms. The summed E-state index contributed by atoms with van der Waals surface area (Å²) in [6, 6.07) is 5.62. The van der Waals surface area contributed by atoms with E-state index in [1.165, 1.54) is 0 Å². The Labute approximate surface area is 93.4 Å². The van der Waals surface area contributed by atoms with Crippen molar-refractivity contribution < 1.29 is 0 Å². The van der Waals surface area contributed by atoms with Crippen LogP contribution in [0.4, 0.5) is 5.69 Å². The first-order valence-corrected chi connectivity index (χ1v) is 5.04. The van der Waals surface area contributed by atoms with Crippen LogP contribution in [0.25, 0.3) is 10.9 Å². The van der Waals surface area contributed by atoms with Crippen LogP contribution in [-0.2, 0) is 6.42 Å². The average molecular weight is 219 g/mol. The lowest BCUT2D eigenvalue weighted by molar-refractivity contribution is 1.23. The minimum Gasteiger partial charge on any atom is -0.397 e. The number of hydrogen-bond acceptors (Lipinski definition) is 2. The quantitative estimate of drug-likeness (QED) is 0.621. The standard InChI is InChI=1S/C12H11ClN2/c1-2-4-8-7-15-12-9(11(8)13)5-3-6-10(12)14/h2-3,5-7H,1,4,14H2. The molecule has 2 aromatic rings. The normalized spacial score (nSPS) is 10.5. The number of anilines is 1. The molecule has 0 aliphatic rings. The van der Waals surface area contributed by atoms with Crippen LogP contribution in [0, 0.1) is 0 Å². The van der Waals surface area contributed by atoms with Crippen molar-refractivity contribution in [3.05, 3.63) is 47.6 Å². The van der Waals surface area contributed by atoms with Gasteiger partial charge in [-0.05, 0) is 18.1 Å². The van der Waals surface area contributed by atoms with E-state index in [2.05, 4.69) is 11.6 Å². The summed E-state index contributed by atoms with van der Waals surface area (Å²) < 4.78 is 0. The summed E-state index contributed by atoms with van der Waals surface area (Å²) in [6.45, 7) is 3.68. The molecule has 0 aliphatic heterocycles. The van der Waals surface area contributed by atoms with Gasteiger partial charge in [-0.2, -0.15) is 0 Å². The fourth-order valence-corrected chi connectivity index (χ4v) is 1.83. The zero-order valence-corrected chi connectivity index (χ0v) is 8.96. The van der Waals surface area contributed by atoms with Crippen LogP contribution in [-0.4, -0.2) is 4.98 Å². The summed E-state index contributed by atoms with van der Waals surface area (Å²) in [6.07, 6.45) is 4.28. The third-order valence-corrected chi connectivity index (χ3v) is 2.75. The van der Waals surface area contributed by atoms with Crippen LogP contribution < -0.4 is 5.73 Å². The summed E-state index contributed by atoms with van der Waals surface area (Å²) in [7, 11) is 0. The number of aromatic nitrogens is 1. The molecule has 2 rings (SSSR count). The average Bonchev–Trinajstić information content (AvgIpc) is 2.23. The van der Waals surface area contributed by atoms with Crippen LogP contribution in [0.15, 0.2) is 37.1 Å². The third-order valence-electron chi connectivity index (χ3n) is 2.30. The number of para-hydroxylation sites is 1. The van der Waals surface area contributed by atoms with Gasteiger partial charge in [0.15, 0.2) is 0 Å². The van der Waals surface area contributed by atoms with Crippen LogP contribution in [0.5, 0.6) is 0 Å². The summed E-state index contributed by atoms with van der Waals surface area (Å²) in [5.74, 6) is 0. The minimum atomic E-state index is 0.652. The fourth-order valence-electron chi connectivity index (χ4n) is 1.55. The highest BCUT2D eigenvalue weighted by atomic mass is 35.5. The van der Waals surface area contributed by atoms with Crippen molar-refractivity contribution in [3.63, 3.8) is 0 Å². The highest BCUT2D eigenvalue weighted by Crippen LogP contribution is 2.28. The predicted octanol–water partition coefficient (Wildman–Crippen LogP) is 3.20. The van der Waals surface area contributed by atoms with E-state index in [0.717, 1.165) is 22.9 Å². The second kappa shape index (κ2) is 3.91. The number of nitrogen functional groups attached to an aromatic ring is 1. The van der Waals surface area contributed by atoms with Gasteiger partial charge in [0.25, 0.3) is 0 Å². The number of benzene rings is 1. The Morgan fingerprint density at radius 3 is 3.00 bits per heavy atom. The van der Waals surface area contributed by atoms with Gasteiger partial charge in [0.1, 0.15) is 0 Å².